The lowest BCUT2D eigenvalue weighted by Gasteiger charge is -2.10. The van der Waals surface area contributed by atoms with Gasteiger partial charge in [0.1, 0.15) is 16.5 Å². The third-order valence-corrected chi connectivity index (χ3v) is 7.55. The largest absolute Gasteiger partial charge is 0.493 e. The van der Waals surface area contributed by atoms with E-state index in [2.05, 4.69) is 15.3 Å². The van der Waals surface area contributed by atoms with Crippen molar-refractivity contribution >= 4 is 29.3 Å². The lowest BCUT2D eigenvalue weighted by atomic mass is 9.98. The predicted molar refractivity (Wildman–Crippen MR) is 150 cm³/mol. The molecular formula is C30H29N3O5S. The topological polar surface area (TPSA) is 115 Å². The highest BCUT2D eigenvalue weighted by Gasteiger charge is 2.25. The first-order valence-electron chi connectivity index (χ1n) is 12.8. The molecule has 4 aromatic rings. The number of oxazole rings is 1. The third-order valence-electron chi connectivity index (χ3n) is 6.84. The zero-order chi connectivity index (χ0) is 27.4. The van der Waals surface area contributed by atoms with E-state index in [-0.39, 0.29) is 18.2 Å². The second kappa shape index (κ2) is 11.7. The van der Waals surface area contributed by atoms with Crippen LogP contribution in [0.15, 0.2) is 70.2 Å². The number of carbonyl (C=O) groups excluding carboxylic acids is 1. The summed E-state index contributed by atoms with van der Waals surface area (Å²) in [5.41, 5.74) is 5.12. The maximum absolute atomic E-state index is 12.7. The average Bonchev–Trinajstić information content (AvgIpc) is 3.51. The molecule has 0 aliphatic heterocycles. The molecule has 39 heavy (non-hydrogen) atoms. The summed E-state index contributed by atoms with van der Waals surface area (Å²) in [4.78, 5) is 32.7. The molecule has 2 N–H and O–H groups in total. The van der Waals surface area contributed by atoms with E-state index in [0.29, 0.717) is 35.2 Å². The number of hydrogen-bond donors (Lipinski definition) is 2. The van der Waals surface area contributed by atoms with Crippen LogP contribution in [0.2, 0.25) is 0 Å². The number of nitrogens with zero attached hydrogens (tertiary/aromatic N) is 2. The monoisotopic (exact) mass is 543 g/mol. The number of anilines is 1. The molecule has 0 saturated carbocycles. The van der Waals surface area contributed by atoms with Crippen molar-refractivity contribution in [1.29, 1.82) is 0 Å². The molecule has 2 heterocycles. The summed E-state index contributed by atoms with van der Waals surface area (Å²) in [7, 11) is 0. The average molecular weight is 544 g/mol. The fraction of sp³-hybridized carbons (Fsp3) is 0.267. The molecule has 200 valence electrons. The number of pyridine rings is 1. The molecule has 0 bridgehead atoms. The zero-order valence-corrected chi connectivity index (χ0v) is 22.6. The summed E-state index contributed by atoms with van der Waals surface area (Å²) in [5.74, 6) is 1.14. The Hall–Kier alpha value is -4.11. The van der Waals surface area contributed by atoms with E-state index in [1.807, 2.05) is 55.6 Å². The Balaban J connectivity index is 1.18. The summed E-state index contributed by atoms with van der Waals surface area (Å²) in [5, 5.41) is 12.7. The molecule has 2 aromatic heterocycles. The number of hydrogen-bond acceptors (Lipinski definition) is 7. The highest BCUT2D eigenvalue weighted by molar-refractivity contribution is 7.98. The number of amides is 1. The first-order chi connectivity index (χ1) is 18.9. The minimum atomic E-state index is -0.760. The molecule has 1 aliphatic carbocycles. The maximum Gasteiger partial charge on any atom is 0.303 e. The number of thioether (sulfide) groups is 1. The molecule has 0 radical (unpaired) electrons. The lowest BCUT2D eigenvalue weighted by molar-refractivity contribution is -0.137. The van der Waals surface area contributed by atoms with Gasteiger partial charge >= 0.3 is 5.97 Å². The van der Waals surface area contributed by atoms with E-state index in [1.54, 1.807) is 18.3 Å². The fourth-order valence-corrected chi connectivity index (χ4v) is 5.41. The zero-order valence-electron chi connectivity index (χ0n) is 21.8. The molecule has 1 aliphatic rings. The van der Waals surface area contributed by atoms with Crippen molar-refractivity contribution in [3.8, 4) is 17.2 Å². The number of carboxylic acids is 1. The first kappa shape index (κ1) is 26.5. The van der Waals surface area contributed by atoms with Gasteiger partial charge in [-0.1, -0.05) is 6.07 Å². The number of ether oxygens (including phenoxy) is 1. The Labute approximate surface area is 230 Å². The van der Waals surface area contributed by atoms with Crippen LogP contribution in [0.1, 0.15) is 51.7 Å². The van der Waals surface area contributed by atoms with E-state index < -0.39 is 5.97 Å². The van der Waals surface area contributed by atoms with Crippen molar-refractivity contribution < 1.29 is 23.8 Å². The van der Waals surface area contributed by atoms with Crippen LogP contribution in [0.5, 0.6) is 5.75 Å². The quantitative estimate of drug-likeness (QED) is 0.229. The normalized spacial score (nSPS) is 14.2. The van der Waals surface area contributed by atoms with Gasteiger partial charge in [-0.25, -0.2) is 9.97 Å². The highest BCUT2D eigenvalue weighted by Crippen LogP contribution is 2.37. The fourth-order valence-electron chi connectivity index (χ4n) is 4.86. The van der Waals surface area contributed by atoms with E-state index in [9.17, 15) is 9.59 Å². The number of aromatic nitrogens is 2. The summed E-state index contributed by atoms with van der Waals surface area (Å²) in [6.45, 7) is 2.33. The second-order valence-corrected chi connectivity index (χ2v) is 10.2. The van der Waals surface area contributed by atoms with Crippen LogP contribution in [0.25, 0.3) is 11.5 Å². The number of carboxylic acid groups (broad SMARTS) is 1. The van der Waals surface area contributed by atoms with Crippen LogP contribution in [0.4, 0.5) is 5.69 Å². The molecule has 2 aromatic carbocycles. The first-order valence-corrected chi connectivity index (χ1v) is 14.0. The molecule has 5 rings (SSSR count). The van der Waals surface area contributed by atoms with Crippen molar-refractivity contribution in [2.75, 3.05) is 18.2 Å². The number of carbonyl (C=O) groups is 2. The van der Waals surface area contributed by atoms with Gasteiger partial charge in [0.05, 0.1) is 24.3 Å². The Morgan fingerprint density at radius 3 is 2.77 bits per heavy atom. The van der Waals surface area contributed by atoms with E-state index >= 15 is 0 Å². The molecule has 1 atom stereocenters. The van der Waals surface area contributed by atoms with Crippen molar-refractivity contribution in [3.63, 3.8) is 0 Å². The number of nitrogens with one attached hydrogen (secondary N) is 1. The van der Waals surface area contributed by atoms with Gasteiger partial charge in [-0.2, -0.15) is 0 Å². The standard InChI is InChI=1S/C30H29N3O5S/c1-18-26(13-15-37-23-11-12-24-20(16-23)5-6-21(24)17-27(34)35)33-29(38-18)19-7-9-22(10-8-19)32-28(36)25-4-3-14-31-30(25)39-2/h3-4,7-12,14,16,21H,5-6,13,15,17H2,1-2H3,(H,32,36)(H,34,35)/t21-/m0/s1. The molecule has 0 saturated heterocycles. The van der Waals surface area contributed by atoms with E-state index in [1.165, 1.54) is 17.3 Å². The smallest absolute Gasteiger partial charge is 0.303 e. The summed E-state index contributed by atoms with van der Waals surface area (Å²) >= 11 is 1.43. The Morgan fingerprint density at radius 2 is 2.00 bits per heavy atom. The minimum absolute atomic E-state index is 0.0854. The van der Waals surface area contributed by atoms with Gasteiger partial charge in [0.15, 0.2) is 0 Å². The number of aliphatic carboxylic acids is 1. The summed E-state index contributed by atoms with van der Waals surface area (Å²) in [6, 6.07) is 16.8. The highest BCUT2D eigenvalue weighted by atomic mass is 32.2. The van der Waals surface area contributed by atoms with Crippen molar-refractivity contribution in [2.45, 2.75) is 43.6 Å². The number of fused-ring (bicyclic) bond motifs is 1. The molecule has 8 nitrogen and oxygen atoms in total. The van der Waals surface area contributed by atoms with Gasteiger partial charge < -0.3 is 19.6 Å². The van der Waals surface area contributed by atoms with Crippen LogP contribution in [-0.2, 0) is 17.6 Å². The van der Waals surface area contributed by atoms with E-state index in [0.717, 1.165) is 41.2 Å². The van der Waals surface area contributed by atoms with Crippen molar-refractivity contribution in [2.24, 2.45) is 0 Å². The predicted octanol–water partition coefficient (Wildman–Crippen LogP) is 6.15. The van der Waals surface area contributed by atoms with Crippen LogP contribution >= 0.6 is 11.8 Å². The van der Waals surface area contributed by atoms with Crippen molar-refractivity contribution in [3.05, 3.63) is 88.9 Å². The molecule has 0 spiro atoms. The van der Waals surface area contributed by atoms with Gasteiger partial charge in [-0.15, -0.1) is 11.8 Å². The van der Waals surface area contributed by atoms with Gasteiger partial charge in [0, 0.05) is 23.9 Å². The van der Waals surface area contributed by atoms with Gasteiger partial charge in [-0.3, -0.25) is 9.59 Å². The number of benzene rings is 2. The van der Waals surface area contributed by atoms with Crippen LogP contribution in [-0.4, -0.2) is 39.8 Å². The molecule has 0 fully saturated rings. The van der Waals surface area contributed by atoms with E-state index in [4.69, 9.17) is 14.3 Å². The molecular weight excluding hydrogens is 514 g/mol. The van der Waals surface area contributed by atoms with Gasteiger partial charge in [0.25, 0.3) is 5.91 Å². The SMILES string of the molecule is CSc1ncccc1C(=O)Nc1ccc(-c2nc(CCOc3ccc4c(c3)CC[C@H]4CC(=O)O)c(C)o2)cc1. The Bertz CT molecular complexity index is 1500. The molecule has 9 heteroatoms. The van der Waals surface area contributed by atoms with Crippen LogP contribution in [0, 0.1) is 6.92 Å². The van der Waals surface area contributed by atoms with Gasteiger partial charge in [-0.05, 0) is 91.6 Å². The van der Waals surface area contributed by atoms with Crippen molar-refractivity contribution in [1.82, 2.24) is 9.97 Å². The summed E-state index contributed by atoms with van der Waals surface area (Å²) < 4.78 is 11.9. The number of rotatable bonds is 10. The van der Waals surface area contributed by atoms with Crippen LogP contribution in [0.3, 0.4) is 0 Å². The Morgan fingerprint density at radius 1 is 1.18 bits per heavy atom. The third kappa shape index (κ3) is 6.15. The summed E-state index contributed by atoms with van der Waals surface area (Å²) in [6.07, 6.45) is 6.06. The maximum atomic E-state index is 12.7. The molecule has 0 unspecified atom stereocenters. The minimum Gasteiger partial charge on any atom is -0.493 e. The second-order valence-electron chi connectivity index (χ2n) is 9.41. The molecule has 1 amide bonds. The van der Waals surface area contributed by atoms with Crippen LogP contribution < -0.4 is 10.1 Å². The van der Waals surface area contributed by atoms with Gasteiger partial charge in [0.2, 0.25) is 5.89 Å². The number of aryl methyl sites for hydroxylation is 2. The Kier molecular flexibility index (Phi) is 7.97. The lowest BCUT2D eigenvalue weighted by Crippen LogP contribution is -2.13.